The summed E-state index contributed by atoms with van der Waals surface area (Å²) in [5, 5.41) is 0.222. The second kappa shape index (κ2) is 8.98. The zero-order chi connectivity index (χ0) is 23.7. The fraction of sp³-hybridized carbons (Fsp3) is 0.458. The molecule has 0 saturated carbocycles. The van der Waals surface area contributed by atoms with Crippen LogP contribution in [-0.2, 0) is 31.8 Å². The number of carbonyl (C=O) groups is 2. The number of amides is 1. The van der Waals surface area contributed by atoms with Crippen molar-refractivity contribution >= 4 is 23.5 Å². The second-order valence-corrected chi connectivity index (χ2v) is 8.52. The van der Waals surface area contributed by atoms with Crippen LogP contribution in [0, 0.1) is 0 Å². The quantitative estimate of drug-likeness (QED) is 0.349. The molecule has 7 nitrogen and oxygen atoms in total. The first-order valence-corrected chi connectivity index (χ1v) is 10.9. The third-order valence-electron chi connectivity index (χ3n) is 6.19. The van der Waals surface area contributed by atoms with E-state index in [-0.39, 0.29) is 30.6 Å². The van der Waals surface area contributed by atoms with Gasteiger partial charge in [0.1, 0.15) is 16.7 Å². The Morgan fingerprint density at radius 1 is 1.12 bits per heavy atom. The molecule has 1 aliphatic rings. The topological polar surface area (TPSA) is 78.0 Å². The van der Waals surface area contributed by atoms with E-state index in [0.717, 1.165) is 11.1 Å². The Kier molecular flexibility index (Phi) is 6.69. The van der Waals surface area contributed by atoms with Gasteiger partial charge in [-0.1, -0.05) is 24.6 Å². The molecule has 0 spiro atoms. The average Bonchev–Trinajstić information content (AvgIpc) is 2.77. The van der Waals surface area contributed by atoms with Crippen LogP contribution in [0.5, 0.6) is 11.5 Å². The second-order valence-electron chi connectivity index (χ2n) is 8.14. The van der Waals surface area contributed by atoms with Crippen LogP contribution in [0.4, 0.5) is 0 Å². The van der Waals surface area contributed by atoms with E-state index in [9.17, 15) is 9.59 Å². The standard InChI is InChI=1S/C24H29ClN2O5/c1-7-24(22(29)32-8-2)20-17(11-12-19(25)26-20)23(3,4)27(21(24)28)14-15-9-10-16(30-5)13-18(15)31-6/h9-13H,7-8,14H2,1-6H3. The highest BCUT2D eigenvalue weighted by Crippen LogP contribution is 2.47. The normalized spacial score (nSPS) is 19.3. The van der Waals surface area contributed by atoms with Crippen molar-refractivity contribution in [1.82, 2.24) is 9.88 Å². The van der Waals surface area contributed by atoms with Gasteiger partial charge in [-0.15, -0.1) is 0 Å². The number of carbonyl (C=O) groups excluding carboxylic acids is 2. The van der Waals surface area contributed by atoms with Gasteiger partial charge in [-0.3, -0.25) is 9.59 Å². The molecule has 1 aromatic carbocycles. The smallest absolute Gasteiger partial charge is 0.327 e. The van der Waals surface area contributed by atoms with Gasteiger partial charge in [0, 0.05) is 17.2 Å². The monoisotopic (exact) mass is 460 g/mol. The highest BCUT2D eigenvalue weighted by atomic mass is 35.5. The Morgan fingerprint density at radius 2 is 1.84 bits per heavy atom. The first-order valence-electron chi connectivity index (χ1n) is 10.5. The maximum atomic E-state index is 14.1. The van der Waals surface area contributed by atoms with Crippen LogP contribution < -0.4 is 9.47 Å². The highest BCUT2D eigenvalue weighted by molar-refractivity contribution is 6.29. The summed E-state index contributed by atoms with van der Waals surface area (Å²) < 4.78 is 16.2. The number of nitrogens with zero attached hydrogens (tertiary/aromatic N) is 2. The van der Waals surface area contributed by atoms with Gasteiger partial charge in [0.2, 0.25) is 5.91 Å². The minimum absolute atomic E-state index is 0.152. The van der Waals surface area contributed by atoms with Crippen LogP contribution in [0.25, 0.3) is 0 Å². The van der Waals surface area contributed by atoms with E-state index >= 15 is 0 Å². The van der Waals surface area contributed by atoms with E-state index in [4.69, 9.17) is 25.8 Å². The van der Waals surface area contributed by atoms with Crippen molar-refractivity contribution in [3.05, 3.63) is 52.3 Å². The SMILES string of the molecule is CCOC(=O)C1(CC)C(=O)N(Cc2ccc(OC)cc2OC)C(C)(C)c2ccc(Cl)nc21. The van der Waals surface area contributed by atoms with Crippen LogP contribution in [-0.4, -0.2) is 42.6 Å². The van der Waals surface area contributed by atoms with Crippen molar-refractivity contribution in [3.8, 4) is 11.5 Å². The number of fused-ring (bicyclic) bond motifs is 1. The number of benzene rings is 1. The van der Waals surface area contributed by atoms with Gasteiger partial charge in [-0.2, -0.15) is 0 Å². The number of pyridine rings is 1. The third kappa shape index (κ3) is 3.68. The summed E-state index contributed by atoms with van der Waals surface area (Å²) in [6.45, 7) is 7.73. The maximum absolute atomic E-state index is 14.1. The van der Waals surface area contributed by atoms with Crippen LogP contribution in [0.2, 0.25) is 5.15 Å². The number of hydrogen-bond acceptors (Lipinski definition) is 6. The Hall–Kier alpha value is -2.80. The van der Waals surface area contributed by atoms with Gasteiger partial charge in [-0.25, -0.2) is 4.98 Å². The molecule has 0 aliphatic carbocycles. The number of rotatable bonds is 7. The van der Waals surface area contributed by atoms with Gasteiger partial charge in [-0.05, 0) is 45.4 Å². The summed E-state index contributed by atoms with van der Waals surface area (Å²) in [5.41, 5.74) is -0.442. The summed E-state index contributed by atoms with van der Waals surface area (Å²) in [4.78, 5) is 33.5. The molecule has 0 radical (unpaired) electrons. The molecule has 0 fully saturated rings. The summed E-state index contributed by atoms with van der Waals surface area (Å²) in [7, 11) is 3.15. The summed E-state index contributed by atoms with van der Waals surface area (Å²) >= 11 is 6.20. The lowest BCUT2D eigenvalue weighted by Crippen LogP contribution is -2.62. The Morgan fingerprint density at radius 3 is 2.44 bits per heavy atom. The summed E-state index contributed by atoms with van der Waals surface area (Å²) in [6.07, 6.45) is 0.192. The minimum Gasteiger partial charge on any atom is -0.497 e. The van der Waals surface area contributed by atoms with Crippen molar-refractivity contribution in [1.29, 1.82) is 0 Å². The molecule has 0 N–H and O–H groups in total. The fourth-order valence-corrected chi connectivity index (χ4v) is 4.46. The molecule has 1 aromatic heterocycles. The van der Waals surface area contributed by atoms with Crippen molar-refractivity contribution in [2.45, 2.75) is 51.6 Å². The first-order chi connectivity index (χ1) is 15.2. The van der Waals surface area contributed by atoms with Crippen LogP contribution in [0.1, 0.15) is 50.9 Å². The van der Waals surface area contributed by atoms with Gasteiger partial charge in [0.15, 0.2) is 5.41 Å². The molecule has 0 saturated heterocycles. The molecule has 0 bridgehead atoms. The molecule has 1 atom stereocenters. The van der Waals surface area contributed by atoms with Gasteiger partial charge in [0.25, 0.3) is 0 Å². The van der Waals surface area contributed by atoms with E-state index in [1.807, 2.05) is 32.0 Å². The van der Waals surface area contributed by atoms with Crippen LogP contribution in [0.15, 0.2) is 30.3 Å². The van der Waals surface area contributed by atoms with Gasteiger partial charge < -0.3 is 19.1 Å². The largest absolute Gasteiger partial charge is 0.497 e. The first kappa shape index (κ1) is 23.9. The number of aromatic nitrogens is 1. The van der Waals surface area contributed by atoms with E-state index in [1.54, 1.807) is 45.1 Å². The van der Waals surface area contributed by atoms with Crippen molar-refractivity contribution < 1.29 is 23.8 Å². The fourth-order valence-electron chi connectivity index (χ4n) is 4.31. The number of ether oxygens (including phenoxy) is 3. The van der Waals surface area contributed by atoms with Crippen LogP contribution in [0.3, 0.4) is 0 Å². The molecule has 2 heterocycles. The van der Waals surface area contributed by atoms with Gasteiger partial charge in [0.05, 0.1) is 38.6 Å². The minimum atomic E-state index is -1.58. The number of hydrogen-bond donors (Lipinski definition) is 0. The molecule has 172 valence electrons. The maximum Gasteiger partial charge on any atom is 0.327 e. The predicted octanol–water partition coefficient (Wildman–Crippen LogP) is 4.24. The lowest BCUT2D eigenvalue weighted by Gasteiger charge is -2.49. The Balaban J connectivity index is 2.21. The third-order valence-corrected chi connectivity index (χ3v) is 6.40. The number of esters is 1. The van der Waals surface area contributed by atoms with E-state index in [1.165, 1.54) is 0 Å². The van der Waals surface area contributed by atoms with E-state index < -0.39 is 16.9 Å². The zero-order valence-corrected chi connectivity index (χ0v) is 20.1. The highest BCUT2D eigenvalue weighted by Gasteiger charge is 2.59. The average molecular weight is 461 g/mol. The lowest BCUT2D eigenvalue weighted by molar-refractivity contribution is -0.164. The van der Waals surface area contributed by atoms with Crippen molar-refractivity contribution in [2.24, 2.45) is 0 Å². The number of halogens is 1. The predicted molar refractivity (Wildman–Crippen MR) is 121 cm³/mol. The molecule has 1 aliphatic heterocycles. The Labute approximate surface area is 193 Å². The molecule has 1 unspecified atom stereocenters. The molecule has 2 aromatic rings. The molecular weight excluding hydrogens is 432 g/mol. The molecule has 8 heteroatoms. The Bertz CT molecular complexity index is 1040. The van der Waals surface area contributed by atoms with Crippen molar-refractivity contribution in [3.63, 3.8) is 0 Å². The molecule has 32 heavy (non-hydrogen) atoms. The van der Waals surface area contributed by atoms with Crippen molar-refractivity contribution in [2.75, 3.05) is 20.8 Å². The van der Waals surface area contributed by atoms with E-state index in [0.29, 0.717) is 17.2 Å². The molecule has 1 amide bonds. The van der Waals surface area contributed by atoms with E-state index in [2.05, 4.69) is 4.98 Å². The lowest BCUT2D eigenvalue weighted by atomic mass is 9.69. The summed E-state index contributed by atoms with van der Waals surface area (Å²) in [6, 6.07) is 8.95. The summed E-state index contributed by atoms with van der Waals surface area (Å²) in [5.74, 6) is 0.244. The number of methoxy groups -OCH3 is 2. The molecular formula is C24H29ClN2O5. The zero-order valence-electron chi connectivity index (χ0n) is 19.3. The van der Waals surface area contributed by atoms with Gasteiger partial charge >= 0.3 is 5.97 Å². The molecule has 3 rings (SSSR count). The van der Waals surface area contributed by atoms with Crippen LogP contribution >= 0.6 is 11.6 Å².